The van der Waals surface area contributed by atoms with E-state index in [0.29, 0.717) is 16.9 Å². The van der Waals surface area contributed by atoms with Crippen LogP contribution in [0.2, 0.25) is 0 Å². The number of rotatable bonds is 14. The standard InChI is InChI=1S/C33H36N2O9/c1-21(34-32(40)42-19-24-7-5-4-6-8-24)30(38)35-27(17-22-11-15-26(41-3)16-12-22)31(39)44-28(29(37)33(2)20-43-33)18-23-9-13-25(36)14-10-23/h4-16,21,27-28,36H,17-20H2,1-3H3,(H,34,40)(H,35,38)/t21-,27+,28+,33-/m1/s1. The molecule has 1 fully saturated rings. The van der Waals surface area contributed by atoms with E-state index >= 15 is 0 Å². The summed E-state index contributed by atoms with van der Waals surface area (Å²) in [5.41, 5.74) is 1.05. The number of carbonyl (C=O) groups is 4. The van der Waals surface area contributed by atoms with E-state index in [9.17, 15) is 24.3 Å². The molecule has 1 heterocycles. The minimum atomic E-state index is -1.21. The van der Waals surface area contributed by atoms with E-state index in [-0.39, 0.29) is 31.8 Å². The quantitative estimate of drug-likeness (QED) is 0.186. The van der Waals surface area contributed by atoms with Crippen molar-refractivity contribution in [1.82, 2.24) is 10.6 Å². The molecule has 3 N–H and O–H groups in total. The van der Waals surface area contributed by atoms with Crippen LogP contribution in [0.4, 0.5) is 4.79 Å². The second kappa shape index (κ2) is 14.5. The number of hydrogen-bond acceptors (Lipinski definition) is 9. The van der Waals surface area contributed by atoms with Crippen LogP contribution in [0, 0.1) is 0 Å². The Morgan fingerprint density at radius 3 is 2.11 bits per heavy atom. The van der Waals surface area contributed by atoms with Crippen molar-refractivity contribution >= 4 is 23.8 Å². The zero-order valence-electron chi connectivity index (χ0n) is 24.8. The minimum Gasteiger partial charge on any atom is -0.508 e. The van der Waals surface area contributed by atoms with Gasteiger partial charge in [0.2, 0.25) is 11.7 Å². The van der Waals surface area contributed by atoms with Crippen LogP contribution in [0.3, 0.4) is 0 Å². The average Bonchev–Trinajstić information content (AvgIpc) is 3.79. The summed E-state index contributed by atoms with van der Waals surface area (Å²) in [7, 11) is 1.53. The largest absolute Gasteiger partial charge is 0.508 e. The molecule has 0 aromatic heterocycles. The van der Waals surface area contributed by atoms with Crippen LogP contribution in [-0.4, -0.2) is 66.4 Å². The first-order valence-corrected chi connectivity index (χ1v) is 14.1. The fourth-order valence-electron chi connectivity index (χ4n) is 4.34. The van der Waals surface area contributed by atoms with Crippen molar-refractivity contribution in [3.05, 3.63) is 95.6 Å². The summed E-state index contributed by atoms with van der Waals surface area (Å²) >= 11 is 0. The number of aromatic hydroxyl groups is 1. The number of Topliss-reactive ketones (excluding diaryl/α,β-unsaturated/α-hetero) is 1. The Morgan fingerprint density at radius 1 is 0.886 bits per heavy atom. The Hall–Kier alpha value is -4.90. The van der Waals surface area contributed by atoms with Crippen LogP contribution in [0.1, 0.15) is 30.5 Å². The molecular formula is C33H36N2O9. The second-order valence-electron chi connectivity index (χ2n) is 10.7. The summed E-state index contributed by atoms with van der Waals surface area (Å²) in [6.07, 6.45) is -1.94. The van der Waals surface area contributed by atoms with Gasteiger partial charge in [0, 0.05) is 12.8 Å². The Labute approximate surface area is 255 Å². The van der Waals surface area contributed by atoms with Crippen LogP contribution in [-0.2, 0) is 48.0 Å². The molecule has 1 saturated heterocycles. The highest BCUT2D eigenvalue weighted by atomic mass is 16.6. The number of nitrogens with one attached hydrogen (secondary N) is 2. The first-order valence-electron chi connectivity index (χ1n) is 14.1. The lowest BCUT2D eigenvalue weighted by molar-refractivity contribution is -0.159. The molecule has 2 amide bonds. The van der Waals surface area contributed by atoms with Crippen LogP contribution in [0.15, 0.2) is 78.9 Å². The molecule has 232 valence electrons. The molecule has 0 unspecified atom stereocenters. The lowest BCUT2D eigenvalue weighted by Crippen LogP contribution is -2.52. The molecule has 1 aliphatic heterocycles. The number of phenols is 1. The van der Waals surface area contributed by atoms with Gasteiger partial charge in [0.15, 0.2) is 11.7 Å². The van der Waals surface area contributed by atoms with Gasteiger partial charge in [-0.2, -0.15) is 0 Å². The van der Waals surface area contributed by atoms with Gasteiger partial charge in [0.25, 0.3) is 0 Å². The fourth-order valence-corrected chi connectivity index (χ4v) is 4.34. The molecule has 0 aliphatic carbocycles. The monoisotopic (exact) mass is 604 g/mol. The van der Waals surface area contributed by atoms with E-state index in [4.69, 9.17) is 18.9 Å². The lowest BCUT2D eigenvalue weighted by atomic mass is 9.96. The molecule has 4 atom stereocenters. The molecule has 0 radical (unpaired) electrons. The Kier molecular flexibility index (Phi) is 10.6. The number of ether oxygens (including phenoxy) is 4. The number of hydrogen-bond donors (Lipinski definition) is 3. The summed E-state index contributed by atoms with van der Waals surface area (Å²) in [6.45, 7) is 3.29. The van der Waals surface area contributed by atoms with Crippen LogP contribution in [0.5, 0.6) is 11.5 Å². The molecule has 11 heteroatoms. The predicted molar refractivity (Wildman–Crippen MR) is 159 cm³/mol. The van der Waals surface area contributed by atoms with Crippen molar-refractivity contribution in [3.8, 4) is 11.5 Å². The number of carbonyl (C=O) groups excluding carboxylic acids is 4. The number of ketones is 1. The minimum absolute atomic E-state index is 0.0204. The molecule has 3 aromatic rings. The number of esters is 1. The number of alkyl carbamates (subject to hydrolysis) is 1. The second-order valence-corrected chi connectivity index (χ2v) is 10.7. The van der Waals surface area contributed by atoms with Gasteiger partial charge >= 0.3 is 12.1 Å². The number of epoxide rings is 1. The van der Waals surface area contributed by atoms with E-state index in [0.717, 1.165) is 5.56 Å². The van der Waals surface area contributed by atoms with Gasteiger partial charge in [-0.15, -0.1) is 0 Å². The summed E-state index contributed by atoms with van der Waals surface area (Å²) in [5.74, 6) is -1.24. The van der Waals surface area contributed by atoms with Crippen molar-refractivity contribution in [1.29, 1.82) is 0 Å². The van der Waals surface area contributed by atoms with Crippen LogP contribution >= 0.6 is 0 Å². The third-order valence-electron chi connectivity index (χ3n) is 7.15. The lowest BCUT2D eigenvalue weighted by Gasteiger charge is -2.24. The van der Waals surface area contributed by atoms with Crippen molar-refractivity contribution in [2.45, 2.75) is 57.1 Å². The molecule has 0 saturated carbocycles. The van der Waals surface area contributed by atoms with Gasteiger partial charge in [-0.05, 0) is 54.8 Å². The Balaban J connectivity index is 1.46. The van der Waals surface area contributed by atoms with Crippen molar-refractivity contribution in [3.63, 3.8) is 0 Å². The molecule has 11 nitrogen and oxygen atoms in total. The van der Waals surface area contributed by atoms with Crippen LogP contribution < -0.4 is 15.4 Å². The number of amides is 2. The summed E-state index contributed by atoms with van der Waals surface area (Å²) < 4.78 is 21.5. The third kappa shape index (κ3) is 9.05. The normalized spacial score (nSPS) is 17.3. The first kappa shape index (κ1) is 32.0. The molecule has 4 rings (SSSR count). The summed E-state index contributed by atoms with van der Waals surface area (Å²) in [6, 6.07) is 19.9. The Morgan fingerprint density at radius 2 is 1.50 bits per heavy atom. The van der Waals surface area contributed by atoms with E-state index in [1.165, 1.54) is 26.2 Å². The summed E-state index contributed by atoms with van der Waals surface area (Å²) in [4.78, 5) is 52.4. The molecule has 0 spiro atoms. The van der Waals surface area contributed by atoms with E-state index in [1.807, 2.05) is 18.2 Å². The molecular weight excluding hydrogens is 568 g/mol. The average molecular weight is 605 g/mol. The highest BCUT2D eigenvalue weighted by molar-refractivity contribution is 5.95. The van der Waals surface area contributed by atoms with Gasteiger partial charge in [-0.3, -0.25) is 9.59 Å². The summed E-state index contributed by atoms with van der Waals surface area (Å²) in [5, 5.41) is 14.8. The van der Waals surface area contributed by atoms with Crippen LogP contribution in [0.25, 0.3) is 0 Å². The Bertz CT molecular complexity index is 1440. The molecule has 1 aliphatic rings. The van der Waals surface area contributed by atoms with Gasteiger partial charge in [0.05, 0.1) is 13.7 Å². The van der Waals surface area contributed by atoms with E-state index in [2.05, 4.69) is 10.6 Å². The highest BCUT2D eigenvalue weighted by Gasteiger charge is 2.51. The van der Waals surface area contributed by atoms with Crippen molar-refractivity contribution in [2.24, 2.45) is 0 Å². The van der Waals surface area contributed by atoms with E-state index in [1.54, 1.807) is 55.5 Å². The van der Waals surface area contributed by atoms with Crippen molar-refractivity contribution in [2.75, 3.05) is 13.7 Å². The SMILES string of the molecule is COc1ccc(C[C@H](NC(=O)[C@@H](C)NC(=O)OCc2ccccc2)C(=O)O[C@@H](Cc2ccc(O)cc2)C(=O)[C@@]2(C)CO2)cc1. The van der Waals surface area contributed by atoms with Crippen molar-refractivity contribution < 1.29 is 43.2 Å². The molecule has 44 heavy (non-hydrogen) atoms. The third-order valence-corrected chi connectivity index (χ3v) is 7.15. The maximum Gasteiger partial charge on any atom is 0.408 e. The maximum absolute atomic E-state index is 13.6. The van der Waals surface area contributed by atoms with E-state index < -0.39 is 47.5 Å². The first-order chi connectivity index (χ1) is 21.1. The van der Waals surface area contributed by atoms with Gasteiger partial charge in [-0.1, -0.05) is 54.6 Å². The fraction of sp³-hybridized carbons (Fsp3) is 0.333. The number of methoxy groups -OCH3 is 1. The van der Waals surface area contributed by atoms with Gasteiger partial charge in [0.1, 0.15) is 30.2 Å². The number of phenolic OH excluding ortho intramolecular Hbond substituents is 1. The number of benzene rings is 3. The maximum atomic E-state index is 13.6. The molecule has 0 bridgehead atoms. The van der Waals surface area contributed by atoms with Gasteiger partial charge in [-0.25, -0.2) is 9.59 Å². The highest BCUT2D eigenvalue weighted by Crippen LogP contribution is 2.30. The zero-order valence-corrected chi connectivity index (χ0v) is 24.8. The predicted octanol–water partition coefficient (Wildman–Crippen LogP) is 3.26. The molecule has 3 aromatic carbocycles. The smallest absolute Gasteiger partial charge is 0.408 e. The zero-order chi connectivity index (χ0) is 31.7. The topological polar surface area (TPSA) is 153 Å². The van der Waals surface area contributed by atoms with Gasteiger partial charge < -0.3 is 34.7 Å².